The number of ether oxygens (including phenoxy) is 1. The van der Waals surface area contributed by atoms with Gasteiger partial charge in [0.25, 0.3) is 0 Å². The van der Waals surface area contributed by atoms with Gasteiger partial charge < -0.3 is 9.30 Å². The second-order valence-corrected chi connectivity index (χ2v) is 3.12. The van der Waals surface area contributed by atoms with Crippen molar-refractivity contribution >= 4 is 0 Å². The van der Waals surface area contributed by atoms with Crippen molar-refractivity contribution in [1.82, 2.24) is 9.55 Å². The molecule has 1 heterocycles. The van der Waals surface area contributed by atoms with Crippen LogP contribution in [0.1, 0.15) is 5.56 Å². The first kappa shape index (κ1) is 8.81. The number of hydrogen-bond donors (Lipinski definition) is 0. The van der Waals surface area contributed by atoms with Crippen LogP contribution in [0, 0.1) is 6.92 Å². The molecular formula is C11H12N2O. The molecule has 0 aliphatic rings. The average molecular weight is 188 g/mol. The Morgan fingerprint density at radius 3 is 2.79 bits per heavy atom. The molecule has 0 amide bonds. The van der Waals surface area contributed by atoms with Gasteiger partial charge in [-0.25, -0.2) is 4.98 Å². The van der Waals surface area contributed by atoms with E-state index in [0.717, 1.165) is 17.0 Å². The van der Waals surface area contributed by atoms with Gasteiger partial charge in [-0.3, -0.25) is 0 Å². The van der Waals surface area contributed by atoms with E-state index in [0.29, 0.717) is 0 Å². The molecule has 0 radical (unpaired) electrons. The van der Waals surface area contributed by atoms with Crippen LogP contribution in [-0.4, -0.2) is 16.7 Å². The van der Waals surface area contributed by atoms with Crippen molar-refractivity contribution in [2.45, 2.75) is 6.92 Å². The molecule has 0 unspecified atom stereocenters. The smallest absolute Gasteiger partial charge is 0.121 e. The molecule has 3 heteroatoms. The lowest BCUT2D eigenvalue weighted by Crippen LogP contribution is -1.92. The Kier molecular flexibility index (Phi) is 2.23. The highest BCUT2D eigenvalue weighted by molar-refractivity contribution is 5.43. The van der Waals surface area contributed by atoms with Crippen LogP contribution in [0.3, 0.4) is 0 Å². The van der Waals surface area contributed by atoms with Crippen molar-refractivity contribution in [3.05, 3.63) is 42.5 Å². The molecule has 72 valence electrons. The molecule has 3 nitrogen and oxygen atoms in total. The molecule has 14 heavy (non-hydrogen) atoms. The van der Waals surface area contributed by atoms with E-state index in [-0.39, 0.29) is 0 Å². The lowest BCUT2D eigenvalue weighted by Gasteiger charge is -2.07. The van der Waals surface area contributed by atoms with Crippen molar-refractivity contribution in [2.24, 2.45) is 0 Å². The minimum absolute atomic E-state index is 0.911. The number of imidazole rings is 1. The molecule has 2 aromatic rings. The van der Waals surface area contributed by atoms with Gasteiger partial charge in [-0.1, -0.05) is 0 Å². The Hall–Kier alpha value is -1.77. The Labute approximate surface area is 83.0 Å². The summed E-state index contributed by atoms with van der Waals surface area (Å²) in [6.07, 6.45) is 5.46. The molecule has 0 saturated carbocycles. The van der Waals surface area contributed by atoms with Gasteiger partial charge in [0.05, 0.1) is 13.4 Å². The summed E-state index contributed by atoms with van der Waals surface area (Å²) < 4.78 is 7.16. The van der Waals surface area contributed by atoms with Gasteiger partial charge in [0.2, 0.25) is 0 Å². The first-order valence-corrected chi connectivity index (χ1v) is 4.44. The van der Waals surface area contributed by atoms with Gasteiger partial charge in [-0.05, 0) is 30.7 Å². The predicted molar refractivity (Wildman–Crippen MR) is 54.9 cm³/mol. The molecular weight excluding hydrogens is 176 g/mol. The van der Waals surface area contributed by atoms with Crippen molar-refractivity contribution in [3.8, 4) is 11.4 Å². The molecule has 1 aromatic carbocycles. The molecule has 0 spiro atoms. The van der Waals surface area contributed by atoms with Gasteiger partial charge in [-0.2, -0.15) is 0 Å². The van der Waals surface area contributed by atoms with Gasteiger partial charge in [0.1, 0.15) is 5.75 Å². The molecule has 0 aliphatic carbocycles. The van der Waals surface area contributed by atoms with Crippen LogP contribution in [0.5, 0.6) is 5.75 Å². The maximum Gasteiger partial charge on any atom is 0.121 e. The summed E-state index contributed by atoms with van der Waals surface area (Å²) >= 11 is 0. The van der Waals surface area contributed by atoms with Gasteiger partial charge in [0.15, 0.2) is 0 Å². The Balaban J connectivity index is 2.43. The maximum atomic E-state index is 5.19. The van der Waals surface area contributed by atoms with E-state index in [4.69, 9.17) is 4.74 Å². The van der Waals surface area contributed by atoms with Crippen molar-refractivity contribution in [1.29, 1.82) is 0 Å². The lowest BCUT2D eigenvalue weighted by atomic mass is 10.2. The molecule has 0 bridgehead atoms. The Bertz CT molecular complexity index is 421. The molecule has 0 saturated heterocycles. The first-order valence-electron chi connectivity index (χ1n) is 4.44. The van der Waals surface area contributed by atoms with Crippen LogP contribution in [0.25, 0.3) is 5.69 Å². The minimum atomic E-state index is 0.911. The molecule has 0 atom stereocenters. The van der Waals surface area contributed by atoms with Crippen LogP contribution in [0.4, 0.5) is 0 Å². The first-order chi connectivity index (χ1) is 6.81. The molecule has 0 N–H and O–H groups in total. The summed E-state index contributed by atoms with van der Waals surface area (Å²) in [7, 11) is 1.68. The van der Waals surface area contributed by atoms with Crippen LogP contribution >= 0.6 is 0 Å². The fraction of sp³-hybridized carbons (Fsp3) is 0.182. The second-order valence-electron chi connectivity index (χ2n) is 3.12. The van der Waals surface area contributed by atoms with E-state index in [1.165, 1.54) is 0 Å². The van der Waals surface area contributed by atoms with E-state index in [1.54, 1.807) is 19.6 Å². The van der Waals surface area contributed by atoms with Crippen LogP contribution in [-0.2, 0) is 0 Å². The summed E-state index contributed by atoms with van der Waals surface area (Å²) in [5.41, 5.74) is 2.22. The molecule has 0 fully saturated rings. The highest BCUT2D eigenvalue weighted by Crippen LogP contribution is 2.20. The lowest BCUT2D eigenvalue weighted by molar-refractivity contribution is 0.411. The number of hydrogen-bond acceptors (Lipinski definition) is 2. The van der Waals surface area contributed by atoms with Crippen LogP contribution in [0.15, 0.2) is 36.9 Å². The summed E-state index contributed by atoms with van der Waals surface area (Å²) in [5.74, 6) is 0.911. The average Bonchev–Trinajstić information content (AvgIpc) is 2.70. The van der Waals surface area contributed by atoms with E-state index in [2.05, 4.69) is 11.1 Å². The molecule has 1 aromatic heterocycles. The fourth-order valence-corrected chi connectivity index (χ4v) is 1.44. The van der Waals surface area contributed by atoms with E-state index in [1.807, 2.05) is 29.8 Å². The predicted octanol–water partition coefficient (Wildman–Crippen LogP) is 2.19. The van der Waals surface area contributed by atoms with E-state index < -0.39 is 0 Å². The number of methoxy groups -OCH3 is 1. The number of nitrogens with zero attached hydrogens (tertiary/aromatic N) is 2. The number of aryl methyl sites for hydroxylation is 1. The third kappa shape index (κ3) is 1.48. The standard InChI is InChI=1S/C11H12N2O/c1-9-7-10(3-4-11(9)14-2)13-6-5-12-8-13/h3-8H,1-2H3. The SMILES string of the molecule is COc1ccc(-n2ccnc2)cc1C. The fourth-order valence-electron chi connectivity index (χ4n) is 1.44. The number of benzene rings is 1. The van der Waals surface area contributed by atoms with Crippen molar-refractivity contribution in [2.75, 3.05) is 7.11 Å². The number of aromatic nitrogens is 2. The summed E-state index contributed by atoms with van der Waals surface area (Å²) in [4.78, 5) is 4.00. The molecule has 2 rings (SSSR count). The zero-order valence-electron chi connectivity index (χ0n) is 8.27. The summed E-state index contributed by atoms with van der Waals surface area (Å²) in [5, 5.41) is 0. The monoisotopic (exact) mass is 188 g/mol. The summed E-state index contributed by atoms with van der Waals surface area (Å²) in [6.45, 7) is 2.03. The third-order valence-corrected chi connectivity index (χ3v) is 2.18. The highest BCUT2D eigenvalue weighted by Gasteiger charge is 2.00. The topological polar surface area (TPSA) is 27.1 Å². The minimum Gasteiger partial charge on any atom is -0.496 e. The zero-order chi connectivity index (χ0) is 9.97. The van der Waals surface area contributed by atoms with Crippen LogP contribution in [0.2, 0.25) is 0 Å². The van der Waals surface area contributed by atoms with E-state index in [9.17, 15) is 0 Å². The second kappa shape index (κ2) is 3.54. The Morgan fingerprint density at radius 1 is 1.36 bits per heavy atom. The largest absolute Gasteiger partial charge is 0.496 e. The van der Waals surface area contributed by atoms with E-state index >= 15 is 0 Å². The van der Waals surface area contributed by atoms with Gasteiger partial charge in [0, 0.05) is 18.1 Å². The zero-order valence-corrected chi connectivity index (χ0v) is 8.27. The maximum absolute atomic E-state index is 5.19. The van der Waals surface area contributed by atoms with Gasteiger partial charge in [-0.15, -0.1) is 0 Å². The highest BCUT2D eigenvalue weighted by atomic mass is 16.5. The molecule has 0 aliphatic heterocycles. The summed E-state index contributed by atoms with van der Waals surface area (Å²) in [6, 6.07) is 6.04. The van der Waals surface area contributed by atoms with Crippen molar-refractivity contribution < 1.29 is 4.74 Å². The quantitative estimate of drug-likeness (QED) is 0.722. The Morgan fingerprint density at radius 2 is 2.21 bits per heavy atom. The number of rotatable bonds is 2. The normalized spacial score (nSPS) is 10.1. The van der Waals surface area contributed by atoms with Gasteiger partial charge >= 0.3 is 0 Å². The third-order valence-electron chi connectivity index (χ3n) is 2.18. The van der Waals surface area contributed by atoms with Crippen molar-refractivity contribution in [3.63, 3.8) is 0 Å². The van der Waals surface area contributed by atoms with Crippen LogP contribution < -0.4 is 4.74 Å².